The number of nitrogens with two attached hydrogens (primary N) is 1. The summed E-state index contributed by atoms with van der Waals surface area (Å²) in [5, 5.41) is 14.4. The van der Waals surface area contributed by atoms with Crippen molar-refractivity contribution in [2.75, 3.05) is 12.4 Å². The molecule has 0 aliphatic rings. The van der Waals surface area contributed by atoms with Gasteiger partial charge < -0.3 is 10.1 Å². The van der Waals surface area contributed by atoms with Crippen molar-refractivity contribution < 1.29 is 31.1 Å². The molecule has 3 rings (SSSR count). The van der Waals surface area contributed by atoms with Crippen LogP contribution in [0, 0.1) is 0 Å². The topological polar surface area (TPSA) is 129 Å². The SMILES string of the molecule is COc1ccc(CC(=O)Nc2ccc(-n3ncc(C(F)(F)F)n3)c(S(N)(=O)=O)c2)cc1. The van der Waals surface area contributed by atoms with Gasteiger partial charge in [0.15, 0.2) is 5.69 Å². The van der Waals surface area contributed by atoms with E-state index in [-0.39, 0.29) is 17.8 Å². The standard InChI is InChI=1S/C18H16F3N5O4S/c1-30-13-5-2-11(3-6-13)8-17(27)24-12-4-7-14(15(9-12)31(22,28)29)26-23-10-16(25-26)18(19,20)21/h2-7,9-10H,8H2,1H3,(H,24,27)(H2,22,28,29). The lowest BCUT2D eigenvalue weighted by Crippen LogP contribution is -2.19. The van der Waals surface area contributed by atoms with Gasteiger partial charge >= 0.3 is 6.18 Å². The number of primary sulfonamides is 1. The van der Waals surface area contributed by atoms with Crippen molar-refractivity contribution in [3.8, 4) is 11.4 Å². The van der Waals surface area contributed by atoms with E-state index < -0.39 is 32.7 Å². The number of hydrogen-bond acceptors (Lipinski definition) is 6. The third kappa shape index (κ3) is 5.38. The highest BCUT2D eigenvalue weighted by Crippen LogP contribution is 2.28. The molecule has 0 saturated carbocycles. The van der Waals surface area contributed by atoms with Gasteiger partial charge in [-0.15, -0.1) is 9.90 Å². The maximum absolute atomic E-state index is 12.8. The number of carbonyl (C=O) groups excluding carboxylic acids is 1. The number of halogens is 3. The second kappa shape index (κ2) is 8.35. The fraction of sp³-hybridized carbons (Fsp3) is 0.167. The predicted octanol–water partition coefficient (Wildman–Crippen LogP) is 2.12. The molecule has 1 amide bonds. The Kier molecular flexibility index (Phi) is 5.99. The zero-order valence-electron chi connectivity index (χ0n) is 15.9. The molecular weight excluding hydrogens is 439 g/mol. The number of sulfonamides is 1. The molecular formula is C18H16F3N5O4S. The smallest absolute Gasteiger partial charge is 0.436 e. The third-order valence-electron chi connectivity index (χ3n) is 4.07. The molecule has 0 atom stereocenters. The summed E-state index contributed by atoms with van der Waals surface area (Å²) in [6, 6.07) is 10.2. The Bertz CT molecular complexity index is 1210. The Hall–Kier alpha value is -3.45. The molecule has 0 fully saturated rings. The number of hydrogen-bond donors (Lipinski definition) is 2. The lowest BCUT2D eigenvalue weighted by atomic mass is 10.1. The Morgan fingerprint density at radius 1 is 1.19 bits per heavy atom. The van der Waals surface area contributed by atoms with Gasteiger partial charge in [0.1, 0.15) is 16.3 Å². The van der Waals surface area contributed by atoms with Crippen LogP contribution >= 0.6 is 0 Å². The van der Waals surface area contributed by atoms with Crippen LogP contribution in [0.15, 0.2) is 53.6 Å². The summed E-state index contributed by atoms with van der Waals surface area (Å²) in [6.07, 6.45) is -4.31. The second-order valence-corrected chi connectivity index (χ2v) is 7.85. The van der Waals surface area contributed by atoms with Gasteiger partial charge in [0, 0.05) is 5.69 Å². The summed E-state index contributed by atoms with van der Waals surface area (Å²) in [5.74, 6) is 0.174. The minimum atomic E-state index is -4.75. The maximum Gasteiger partial charge on any atom is 0.436 e. The van der Waals surface area contributed by atoms with Gasteiger partial charge in [0.25, 0.3) is 0 Å². The van der Waals surface area contributed by atoms with Gasteiger partial charge in [0.2, 0.25) is 15.9 Å². The van der Waals surface area contributed by atoms with Gasteiger partial charge in [-0.3, -0.25) is 4.79 Å². The van der Waals surface area contributed by atoms with Crippen LogP contribution in [0.1, 0.15) is 11.3 Å². The number of nitrogens with one attached hydrogen (secondary N) is 1. The third-order valence-corrected chi connectivity index (χ3v) is 5.01. The molecule has 0 aliphatic heterocycles. The molecule has 3 aromatic rings. The highest BCUT2D eigenvalue weighted by atomic mass is 32.2. The van der Waals surface area contributed by atoms with E-state index in [4.69, 9.17) is 9.88 Å². The Balaban J connectivity index is 1.86. The maximum atomic E-state index is 12.8. The van der Waals surface area contributed by atoms with E-state index in [0.717, 1.165) is 12.1 Å². The highest BCUT2D eigenvalue weighted by Gasteiger charge is 2.35. The van der Waals surface area contributed by atoms with Crippen LogP contribution in [0.25, 0.3) is 5.69 Å². The van der Waals surface area contributed by atoms with E-state index in [9.17, 15) is 26.4 Å². The summed E-state index contributed by atoms with van der Waals surface area (Å²) in [5.41, 5.74) is -0.840. The molecule has 1 aromatic heterocycles. The minimum absolute atomic E-state index is 0.00783. The van der Waals surface area contributed by atoms with E-state index in [0.29, 0.717) is 22.3 Å². The van der Waals surface area contributed by atoms with E-state index in [1.807, 2.05) is 0 Å². The summed E-state index contributed by atoms with van der Waals surface area (Å²) in [6.45, 7) is 0. The fourth-order valence-electron chi connectivity index (χ4n) is 2.63. The van der Waals surface area contributed by atoms with Gasteiger partial charge in [-0.05, 0) is 35.9 Å². The monoisotopic (exact) mass is 455 g/mol. The number of benzene rings is 2. The van der Waals surface area contributed by atoms with E-state index in [2.05, 4.69) is 15.5 Å². The summed E-state index contributed by atoms with van der Waals surface area (Å²) in [4.78, 5) is 12.2. The number of alkyl halides is 3. The molecule has 0 saturated heterocycles. The summed E-state index contributed by atoms with van der Waals surface area (Å²) in [7, 11) is -2.87. The first kappa shape index (κ1) is 22.2. The van der Waals surface area contributed by atoms with Crippen LogP contribution in [0.4, 0.5) is 18.9 Å². The predicted molar refractivity (Wildman–Crippen MR) is 103 cm³/mol. The quantitative estimate of drug-likeness (QED) is 0.586. The van der Waals surface area contributed by atoms with E-state index in [1.54, 1.807) is 24.3 Å². The van der Waals surface area contributed by atoms with Crippen molar-refractivity contribution in [1.29, 1.82) is 0 Å². The number of anilines is 1. The average Bonchev–Trinajstić information content (AvgIpc) is 3.18. The van der Waals surface area contributed by atoms with Crippen LogP contribution in [0.5, 0.6) is 5.75 Å². The normalized spacial score (nSPS) is 11.9. The Labute approximate surface area is 174 Å². The molecule has 0 aliphatic carbocycles. The van der Waals surface area contributed by atoms with Gasteiger partial charge in [0.05, 0.1) is 19.7 Å². The van der Waals surface area contributed by atoms with Gasteiger partial charge in [-0.1, -0.05) is 12.1 Å². The Morgan fingerprint density at radius 3 is 2.42 bits per heavy atom. The largest absolute Gasteiger partial charge is 0.497 e. The molecule has 31 heavy (non-hydrogen) atoms. The zero-order chi connectivity index (χ0) is 22.8. The van der Waals surface area contributed by atoms with E-state index >= 15 is 0 Å². The molecule has 13 heteroatoms. The number of aromatic nitrogens is 3. The second-order valence-electron chi connectivity index (χ2n) is 6.32. The number of nitrogens with zero attached hydrogens (tertiary/aromatic N) is 3. The van der Waals surface area contributed by atoms with Gasteiger partial charge in [-0.25, -0.2) is 13.6 Å². The van der Waals surface area contributed by atoms with Crippen LogP contribution in [0.3, 0.4) is 0 Å². The number of amides is 1. The van der Waals surface area contributed by atoms with Crippen molar-refractivity contribution in [2.45, 2.75) is 17.5 Å². The molecule has 0 bridgehead atoms. The first-order valence-electron chi connectivity index (χ1n) is 8.57. The van der Waals surface area contributed by atoms with Crippen LogP contribution in [0.2, 0.25) is 0 Å². The molecule has 9 nitrogen and oxygen atoms in total. The van der Waals surface area contributed by atoms with Crippen molar-refractivity contribution in [2.24, 2.45) is 5.14 Å². The van der Waals surface area contributed by atoms with Crippen molar-refractivity contribution in [3.05, 3.63) is 59.9 Å². The molecule has 0 radical (unpaired) electrons. The van der Waals surface area contributed by atoms with Crippen LogP contribution < -0.4 is 15.2 Å². The number of ether oxygens (including phenoxy) is 1. The van der Waals surface area contributed by atoms with Crippen molar-refractivity contribution in [1.82, 2.24) is 15.0 Å². The lowest BCUT2D eigenvalue weighted by Gasteiger charge is -2.11. The molecule has 1 heterocycles. The molecule has 0 unspecified atom stereocenters. The Morgan fingerprint density at radius 2 is 1.87 bits per heavy atom. The van der Waals surface area contributed by atoms with Crippen molar-refractivity contribution >= 4 is 21.6 Å². The van der Waals surface area contributed by atoms with Crippen LogP contribution in [-0.4, -0.2) is 36.4 Å². The van der Waals surface area contributed by atoms with E-state index in [1.165, 1.54) is 13.2 Å². The number of rotatable bonds is 6. The fourth-order valence-corrected chi connectivity index (χ4v) is 3.36. The van der Waals surface area contributed by atoms with Crippen LogP contribution in [-0.2, 0) is 27.4 Å². The first-order chi connectivity index (χ1) is 14.5. The average molecular weight is 455 g/mol. The first-order valence-corrected chi connectivity index (χ1v) is 10.1. The molecule has 2 aromatic carbocycles. The lowest BCUT2D eigenvalue weighted by molar-refractivity contribution is -0.141. The molecule has 164 valence electrons. The number of carbonyl (C=O) groups is 1. The molecule has 3 N–H and O–H groups in total. The highest BCUT2D eigenvalue weighted by molar-refractivity contribution is 7.89. The summed E-state index contributed by atoms with van der Waals surface area (Å²) < 4.78 is 67.3. The zero-order valence-corrected chi connectivity index (χ0v) is 16.7. The minimum Gasteiger partial charge on any atom is -0.497 e. The summed E-state index contributed by atoms with van der Waals surface area (Å²) >= 11 is 0. The molecule has 0 spiro atoms. The number of methoxy groups -OCH3 is 1. The van der Waals surface area contributed by atoms with Crippen molar-refractivity contribution in [3.63, 3.8) is 0 Å². The van der Waals surface area contributed by atoms with Gasteiger partial charge in [-0.2, -0.15) is 18.3 Å².